The van der Waals surface area contributed by atoms with Gasteiger partial charge in [0.25, 0.3) is 0 Å². The number of benzene rings is 1. The average Bonchev–Trinajstić information content (AvgIpc) is 3.04. The molecule has 0 bridgehead atoms. The minimum Gasteiger partial charge on any atom is -0.352 e. The van der Waals surface area contributed by atoms with Gasteiger partial charge in [0.1, 0.15) is 5.03 Å². The Morgan fingerprint density at radius 2 is 2.00 bits per heavy atom. The Balaban J connectivity index is 1.56. The van der Waals surface area contributed by atoms with Gasteiger partial charge in [-0.25, -0.2) is 0 Å². The number of nitrogens with zero attached hydrogens (tertiary/aromatic N) is 3. The Morgan fingerprint density at radius 3 is 2.73 bits per heavy atom. The van der Waals surface area contributed by atoms with Crippen LogP contribution in [0.2, 0.25) is 0 Å². The molecule has 2 aromatic rings. The molecule has 1 fully saturated rings. The van der Waals surface area contributed by atoms with E-state index in [4.69, 9.17) is 0 Å². The van der Waals surface area contributed by atoms with E-state index in [-0.39, 0.29) is 0 Å². The van der Waals surface area contributed by atoms with Crippen molar-refractivity contribution in [2.45, 2.75) is 43.2 Å². The molecule has 4 heteroatoms. The van der Waals surface area contributed by atoms with Crippen molar-refractivity contribution in [3.8, 4) is 0 Å². The lowest BCUT2D eigenvalue weighted by atomic mass is 10.0. The summed E-state index contributed by atoms with van der Waals surface area (Å²) in [6.45, 7) is 1.11. The molecule has 0 N–H and O–H groups in total. The third-order valence-corrected chi connectivity index (χ3v) is 4.99. The molecule has 1 aliphatic heterocycles. The van der Waals surface area contributed by atoms with E-state index in [1.54, 1.807) is 11.8 Å². The standard InChI is InChI=1S/C18H23N3S/c1-22-18-13-12-17(19-20-18)21-14-6-11-16(21)10-5-9-15-7-3-2-4-8-15/h2-4,7-8,12-13,16H,5-6,9-11,14H2,1H3. The minimum atomic E-state index is 0.623. The van der Waals surface area contributed by atoms with Gasteiger partial charge in [-0.15, -0.1) is 22.0 Å². The van der Waals surface area contributed by atoms with Crippen LogP contribution in [0.5, 0.6) is 0 Å². The van der Waals surface area contributed by atoms with Crippen LogP contribution in [-0.2, 0) is 6.42 Å². The summed E-state index contributed by atoms with van der Waals surface area (Å²) in [4.78, 5) is 2.45. The van der Waals surface area contributed by atoms with Crippen LogP contribution < -0.4 is 4.90 Å². The first-order chi connectivity index (χ1) is 10.9. The number of aromatic nitrogens is 2. The summed E-state index contributed by atoms with van der Waals surface area (Å²) in [5, 5.41) is 9.67. The highest BCUT2D eigenvalue weighted by Gasteiger charge is 2.25. The zero-order valence-corrected chi connectivity index (χ0v) is 13.9. The Hall–Kier alpha value is -1.55. The molecule has 116 valence electrons. The van der Waals surface area contributed by atoms with E-state index in [0.29, 0.717) is 6.04 Å². The second-order valence-corrected chi connectivity index (χ2v) is 6.63. The first kappa shape index (κ1) is 15.3. The van der Waals surface area contributed by atoms with Gasteiger partial charge in [-0.1, -0.05) is 30.3 Å². The maximum absolute atomic E-state index is 4.40. The van der Waals surface area contributed by atoms with Crippen molar-refractivity contribution in [1.82, 2.24) is 10.2 Å². The van der Waals surface area contributed by atoms with Crippen LogP contribution >= 0.6 is 11.8 Å². The minimum absolute atomic E-state index is 0.623. The molecule has 1 aliphatic rings. The van der Waals surface area contributed by atoms with Crippen LogP contribution in [0, 0.1) is 0 Å². The molecule has 0 aliphatic carbocycles. The molecule has 1 unspecified atom stereocenters. The van der Waals surface area contributed by atoms with Crippen LogP contribution in [0.4, 0.5) is 5.82 Å². The third kappa shape index (κ3) is 3.80. The lowest BCUT2D eigenvalue weighted by Crippen LogP contribution is -2.30. The summed E-state index contributed by atoms with van der Waals surface area (Å²) < 4.78 is 0. The fourth-order valence-corrected chi connectivity index (χ4v) is 3.53. The highest BCUT2D eigenvalue weighted by Crippen LogP contribution is 2.27. The first-order valence-electron chi connectivity index (χ1n) is 8.05. The lowest BCUT2D eigenvalue weighted by Gasteiger charge is -2.25. The predicted octanol–water partition coefficient (Wildman–Crippen LogP) is 4.19. The van der Waals surface area contributed by atoms with Crippen molar-refractivity contribution in [3.63, 3.8) is 0 Å². The molecule has 3 nitrogen and oxygen atoms in total. The van der Waals surface area contributed by atoms with Crippen molar-refractivity contribution >= 4 is 17.6 Å². The number of thioether (sulfide) groups is 1. The van der Waals surface area contributed by atoms with Gasteiger partial charge in [0, 0.05) is 12.6 Å². The van der Waals surface area contributed by atoms with Gasteiger partial charge >= 0.3 is 0 Å². The van der Waals surface area contributed by atoms with E-state index in [2.05, 4.69) is 57.6 Å². The van der Waals surface area contributed by atoms with Crippen LogP contribution in [0.3, 0.4) is 0 Å². The maximum atomic E-state index is 4.40. The Kier molecular flexibility index (Phi) is 5.33. The van der Waals surface area contributed by atoms with Crippen molar-refractivity contribution in [2.75, 3.05) is 17.7 Å². The van der Waals surface area contributed by atoms with Gasteiger partial charge in [-0.2, -0.15) is 0 Å². The van der Waals surface area contributed by atoms with Crippen LogP contribution in [0.25, 0.3) is 0 Å². The van der Waals surface area contributed by atoms with Crippen molar-refractivity contribution in [3.05, 3.63) is 48.0 Å². The predicted molar refractivity (Wildman–Crippen MR) is 93.6 cm³/mol. The Labute approximate surface area is 137 Å². The number of hydrogen-bond acceptors (Lipinski definition) is 4. The fraction of sp³-hybridized carbons (Fsp3) is 0.444. The van der Waals surface area contributed by atoms with Gasteiger partial charge in [-0.3, -0.25) is 0 Å². The molecule has 1 atom stereocenters. The zero-order chi connectivity index (χ0) is 15.2. The highest BCUT2D eigenvalue weighted by atomic mass is 32.2. The summed E-state index contributed by atoms with van der Waals surface area (Å²) in [6.07, 6.45) is 8.22. The van der Waals surface area contributed by atoms with Crippen LogP contribution in [0.1, 0.15) is 31.2 Å². The van der Waals surface area contributed by atoms with Crippen molar-refractivity contribution < 1.29 is 0 Å². The fourth-order valence-electron chi connectivity index (χ4n) is 3.20. The summed E-state index contributed by atoms with van der Waals surface area (Å²) >= 11 is 1.64. The number of aryl methyl sites for hydroxylation is 1. The molecule has 0 radical (unpaired) electrons. The van der Waals surface area contributed by atoms with E-state index in [0.717, 1.165) is 17.4 Å². The molecule has 0 amide bonds. The van der Waals surface area contributed by atoms with Gasteiger partial charge in [0.2, 0.25) is 0 Å². The van der Waals surface area contributed by atoms with Crippen molar-refractivity contribution in [2.24, 2.45) is 0 Å². The van der Waals surface area contributed by atoms with Gasteiger partial charge < -0.3 is 4.90 Å². The third-order valence-electron chi connectivity index (χ3n) is 4.35. The topological polar surface area (TPSA) is 29.0 Å². The largest absolute Gasteiger partial charge is 0.352 e. The molecule has 1 aromatic carbocycles. The molecule has 22 heavy (non-hydrogen) atoms. The van der Waals surface area contributed by atoms with E-state index in [9.17, 15) is 0 Å². The molecular formula is C18H23N3S. The van der Waals surface area contributed by atoms with Crippen LogP contribution in [-0.4, -0.2) is 29.0 Å². The zero-order valence-electron chi connectivity index (χ0n) is 13.1. The SMILES string of the molecule is CSc1ccc(N2CCCC2CCCc2ccccc2)nn1. The molecule has 1 aromatic heterocycles. The van der Waals surface area contributed by atoms with Crippen molar-refractivity contribution in [1.29, 1.82) is 0 Å². The summed E-state index contributed by atoms with van der Waals surface area (Å²) in [5.74, 6) is 1.04. The van der Waals surface area contributed by atoms with Gasteiger partial charge in [0.15, 0.2) is 5.82 Å². The summed E-state index contributed by atoms with van der Waals surface area (Å²) in [6, 6.07) is 15.6. The lowest BCUT2D eigenvalue weighted by molar-refractivity contribution is 0.574. The van der Waals surface area contributed by atoms with E-state index in [1.165, 1.54) is 37.7 Å². The molecule has 1 saturated heterocycles. The Bertz CT molecular complexity index is 571. The second-order valence-electron chi connectivity index (χ2n) is 5.80. The maximum Gasteiger partial charge on any atom is 0.151 e. The van der Waals surface area contributed by atoms with E-state index < -0.39 is 0 Å². The van der Waals surface area contributed by atoms with Gasteiger partial charge in [0.05, 0.1) is 0 Å². The molecule has 2 heterocycles. The number of anilines is 1. The van der Waals surface area contributed by atoms with E-state index in [1.807, 2.05) is 6.26 Å². The van der Waals surface area contributed by atoms with Crippen LogP contribution in [0.15, 0.2) is 47.5 Å². The smallest absolute Gasteiger partial charge is 0.151 e. The average molecular weight is 313 g/mol. The Morgan fingerprint density at radius 1 is 1.14 bits per heavy atom. The first-order valence-corrected chi connectivity index (χ1v) is 9.27. The molecule has 3 rings (SSSR count). The second kappa shape index (κ2) is 7.63. The summed E-state index contributed by atoms with van der Waals surface area (Å²) in [7, 11) is 0. The summed E-state index contributed by atoms with van der Waals surface area (Å²) in [5.41, 5.74) is 1.44. The molecular weight excluding hydrogens is 290 g/mol. The number of rotatable bonds is 6. The molecule has 0 saturated carbocycles. The monoisotopic (exact) mass is 313 g/mol. The van der Waals surface area contributed by atoms with Gasteiger partial charge in [-0.05, 0) is 56.1 Å². The quantitative estimate of drug-likeness (QED) is 0.748. The highest BCUT2D eigenvalue weighted by molar-refractivity contribution is 7.98. The molecule has 0 spiro atoms. The van der Waals surface area contributed by atoms with E-state index >= 15 is 0 Å². The normalized spacial score (nSPS) is 17.9. The number of hydrogen-bond donors (Lipinski definition) is 0.